The van der Waals surface area contributed by atoms with Crippen LogP contribution in [-0.2, 0) is 20.2 Å². The van der Waals surface area contributed by atoms with Crippen molar-refractivity contribution in [2.75, 3.05) is 0 Å². The van der Waals surface area contributed by atoms with Crippen LogP contribution in [0.5, 0.6) is 0 Å². The van der Waals surface area contributed by atoms with Crippen LogP contribution in [0.25, 0.3) is 0 Å². The van der Waals surface area contributed by atoms with E-state index < -0.39 is 53.5 Å². The van der Waals surface area contributed by atoms with Gasteiger partial charge in [0.1, 0.15) is 33.3 Å². The number of aryl methyl sites for hydroxylation is 2. The molecule has 0 amide bonds. The Morgan fingerprint density at radius 1 is 0.815 bits per heavy atom. The van der Waals surface area contributed by atoms with E-state index in [2.05, 4.69) is 8.83 Å². The van der Waals surface area contributed by atoms with Crippen molar-refractivity contribution in [1.29, 1.82) is 0 Å². The van der Waals surface area contributed by atoms with Crippen LogP contribution in [0.2, 0.25) is 0 Å². The van der Waals surface area contributed by atoms with Gasteiger partial charge >= 0.3 is 48.9 Å². The first-order valence-electron chi connectivity index (χ1n) is 6.23. The number of rotatable bonds is 4. The normalized spacial score (nSPS) is 11.1. The molecule has 0 aliphatic heterocycles. The Morgan fingerprint density at radius 3 is 1.19 bits per heavy atom. The summed E-state index contributed by atoms with van der Waals surface area (Å²) in [6, 6.07) is 1.39. The second-order valence-corrected chi connectivity index (χ2v) is 7.37. The van der Waals surface area contributed by atoms with E-state index in [0.29, 0.717) is 12.1 Å². The number of carboxylic acids is 2. The molecular formula is C12H10BaO12S2. The SMILES string of the molecule is Cc1oc(C(=O)[O-])cc1S(=O)(=O)O.Cc1oc(C(=O)[O-])cc1S(=O)(=O)O.[Ba+2]. The molecule has 2 heterocycles. The fourth-order valence-electron chi connectivity index (χ4n) is 1.64. The van der Waals surface area contributed by atoms with Crippen molar-refractivity contribution >= 4 is 81.1 Å². The van der Waals surface area contributed by atoms with Crippen LogP contribution in [0.3, 0.4) is 0 Å². The summed E-state index contributed by atoms with van der Waals surface area (Å²) >= 11 is 0. The van der Waals surface area contributed by atoms with Gasteiger partial charge in [-0.05, 0) is 13.8 Å². The van der Waals surface area contributed by atoms with E-state index in [9.17, 15) is 36.6 Å². The Hall–Kier alpha value is -1.11. The van der Waals surface area contributed by atoms with Crippen molar-refractivity contribution in [1.82, 2.24) is 0 Å². The zero-order chi connectivity index (χ0) is 20.4. The topological polar surface area (TPSA) is 215 Å². The van der Waals surface area contributed by atoms with E-state index in [1.165, 1.54) is 13.8 Å². The molecule has 0 saturated carbocycles. The van der Waals surface area contributed by atoms with Gasteiger partial charge in [-0.2, -0.15) is 16.8 Å². The first-order valence-corrected chi connectivity index (χ1v) is 9.11. The molecule has 2 aromatic heterocycles. The largest absolute Gasteiger partial charge is 2.00 e. The third-order valence-corrected chi connectivity index (χ3v) is 4.62. The molecule has 2 aromatic rings. The van der Waals surface area contributed by atoms with Crippen molar-refractivity contribution in [2.24, 2.45) is 0 Å². The van der Waals surface area contributed by atoms with E-state index >= 15 is 0 Å². The quantitative estimate of drug-likeness (QED) is 0.314. The summed E-state index contributed by atoms with van der Waals surface area (Å²) in [5, 5.41) is 20.4. The first-order chi connectivity index (χ1) is 11.6. The van der Waals surface area contributed by atoms with Gasteiger partial charge in [-0.15, -0.1) is 0 Å². The first kappa shape index (κ1) is 25.9. The summed E-state index contributed by atoms with van der Waals surface area (Å²) in [5.41, 5.74) is 0. The zero-order valence-electron chi connectivity index (χ0n) is 13.7. The Kier molecular flexibility index (Phi) is 9.01. The molecule has 0 saturated heterocycles. The van der Waals surface area contributed by atoms with Crippen LogP contribution >= 0.6 is 0 Å². The molecule has 15 heteroatoms. The number of furan rings is 2. The number of hydrogen-bond donors (Lipinski definition) is 2. The molecule has 0 bridgehead atoms. The Balaban J connectivity index is 0.000000483. The molecule has 12 nitrogen and oxygen atoms in total. The summed E-state index contributed by atoms with van der Waals surface area (Å²) in [7, 11) is -8.86. The standard InChI is InChI=1S/2C6H6O6S.Ba/c2*1-3-5(13(9,10)11)2-4(12-3)6(7)8;/h2*2H,1H3,(H,7,8)(H,9,10,11);/q;;+2/p-2. The minimum Gasteiger partial charge on any atom is -0.542 e. The van der Waals surface area contributed by atoms with Gasteiger partial charge in [0, 0.05) is 12.1 Å². The van der Waals surface area contributed by atoms with Gasteiger partial charge in [0.15, 0.2) is 11.5 Å². The Morgan fingerprint density at radius 2 is 1.07 bits per heavy atom. The summed E-state index contributed by atoms with van der Waals surface area (Å²) in [5.74, 6) is -4.94. The maximum atomic E-state index is 10.6. The van der Waals surface area contributed by atoms with Crippen molar-refractivity contribution < 1.29 is 54.6 Å². The van der Waals surface area contributed by atoms with Gasteiger partial charge in [0.25, 0.3) is 20.2 Å². The second kappa shape index (κ2) is 9.39. The van der Waals surface area contributed by atoms with Gasteiger partial charge in [-0.3, -0.25) is 9.11 Å². The molecule has 0 aliphatic rings. The predicted molar refractivity (Wildman–Crippen MR) is 80.9 cm³/mol. The van der Waals surface area contributed by atoms with Gasteiger partial charge in [-0.1, -0.05) is 0 Å². The minimum atomic E-state index is -4.43. The van der Waals surface area contributed by atoms with Crippen LogP contribution in [0.4, 0.5) is 0 Å². The smallest absolute Gasteiger partial charge is 0.542 e. The van der Waals surface area contributed by atoms with Crippen molar-refractivity contribution in [3.8, 4) is 0 Å². The molecule has 0 fully saturated rings. The maximum Gasteiger partial charge on any atom is 2.00 e. The van der Waals surface area contributed by atoms with Crippen LogP contribution in [0, 0.1) is 13.8 Å². The van der Waals surface area contributed by atoms with Gasteiger partial charge in [0.2, 0.25) is 0 Å². The van der Waals surface area contributed by atoms with Crippen LogP contribution in [0.15, 0.2) is 30.8 Å². The predicted octanol–water partition coefficient (Wildman–Crippen LogP) is -1.98. The molecule has 0 radical (unpaired) electrons. The second-order valence-electron chi connectivity index (χ2n) is 4.59. The number of carboxylic acid groups (broad SMARTS) is 2. The van der Waals surface area contributed by atoms with Gasteiger partial charge in [-0.25, -0.2) is 0 Å². The minimum absolute atomic E-state index is 0. The third kappa shape index (κ3) is 7.09. The molecule has 27 heavy (non-hydrogen) atoms. The molecule has 2 rings (SSSR count). The number of carbonyl (C=O) groups excluding carboxylic acids is 2. The molecule has 0 aliphatic carbocycles. The van der Waals surface area contributed by atoms with Gasteiger partial charge in [0.05, 0.1) is 0 Å². The fraction of sp³-hybridized carbons (Fsp3) is 0.167. The molecule has 0 unspecified atom stereocenters. The van der Waals surface area contributed by atoms with E-state index in [1.807, 2.05) is 0 Å². The van der Waals surface area contributed by atoms with Crippen LogP contribution in [-0.4, -0.2) is 86.8 Å². The van der Waals surface area contributed by atoms with E-state index in [-0.39, 0.29) is 60.4 Å². The Bertz CT molecular complexity index is 972. The van der Waals surface area contributed by atoms with Crippen LogP contribution < -0.4 is 10.2 Å². The molecule has 0 spiro atoms. The maximum absolute atomic E-state index is 10.6. The summed E-state index contributed by atoms with van der Waals surface area (Å²) in [4.78, 5) is 19.3. The number of hydrogen-bond acceptors (Lipinski definition) is 10. The third-order valence-electron chi connectivity index (χ3n) is 2.70. The van der Waals surface area contributed by atoms with E-state index in [1.54, 1.807) is 0 Å². The monoisotopic (exact) mass is 548 g/mol. The van der Waals surface area contributed by atoms with Crippen molar-refractivity contribution in [2.45, 2.75) is 23.6 Å². The van der Waals surface area contributed by atoms with Crippen molar-refractivity contribution in [3.63, 3.8) is 0 Å². The summed E-state index contributed by atoms with van der Waals surface area (Å²) in [6.45, 7) is 2.44. The van der Waals surface area contributed by atoms with Crippen molar-refractivity contribution in [3.05, 3.63) is 35.2 Å². The molecule has 0 atom stereocenters. The van der Waals surface area contributed by atoms with Gasteiger partial charge < -0.3 is 28.6 Å². The van der Waals surface area contributed by atoms with Crippen LogP contribution in [0.1, 0.15) is 32.6 Å². The number of carbonyl (C=O) groups is 2. The number of aromatic carboxylic acids is 2. The Labute approximate surface area is 192 Å². The van der Waals surface area contributed by atoms with E-state index in [4.69, 9.17) is 9.11 Å². The molecular weight excluding hydrogens is 538 g/mol. The summed E-state index contributed by atoms with van der Waals surface area (Å²) in [6.07, 6.45) is 0. The molecule has 144 valence electrons. The molecule has 2 N–H and O–H groups in total. The van der Waals surface area contributed by atoms with E-state index in [0.717, 1.165) is 0 Å². The average Bonchev–Trinajstić information content (AvgIpc) is 3.01. The summed E-state index contributed by atoms with van der Waals surface area (Å²) < 4.78 is 68.4. The zero-order valence-corrected chi connectivity index (χ0v) is 19.7. The molecule has 0 aromatic carbocycles. The average molecular weight is 548 g/mol. The fourth-order valence-corrected chi connectivity index (χ4v) is 2.97.